The van der Waals surface area contributed by atoms with Crippen molar-refractivity contribution in [2.24, 2.45) is 7.05 Å². The number of ether oxygens (including phenoxy) is 1. The summed E-state index contributed by atoms with van der Waals surface area (Å²) in [5.74, 6) is -0.0832. The molecule has 0 saturated carbocycles. The Balaban J connectivity index is 1.24. The van der Waals surface area contributed by atoms with Crippen LogP contribution in [0.2, 0.25) is 0 Å². The molecule has 0 bridgehead atoms. The van der Waals surface area contributed by atoms with Gasteiger partial charge < -0.3 is 10.1 Å². The van der Waals surface area contributed by atoms with Crippen LogP contribution < -0.4 is 5.32 Å². The predicted molar refractivity (Wildman–Crippen MR) is 101 cm³/mol. The molecule has 2 aliphatic rings. The molecule has 2 aromatic heterocycles. The first-order chi connectivity index (χ1) is 12.6. The van der Waals surface area contributed by atoms with Crippen LogP contribution in [-0.2, 0) is 18.3 Å². The summed E-state index contributed by atoms with van der Waals surface area (Å²) in [5.41, 5.74) is 2.01. The number of thiophene rings is 1. The molecule has 4 rings (SSSR count). The lowest BCUT2D eigenvalue weighted by atomic mass is 9.88. The van der Waals surface area contributed by atoms with Crippen molar-refractivity contribution in [3.8, 4) is 0 Å². The predicted octanol–water partition coefficient (Wildman–Crippen LogP) is 2.43. The molecule has 1 N–H and O–H groups in total. The van der Waals surface area contributed by atoms with Gasteiger partial charge in [0.05, 0.1) is 11.7 Å². The maximum atomic E-state index is 12.2. The fraction of sp³-hybridized carbons (Fsp3) is 0.579. The molecule has 6 nitrogen and oxygen atoms in total. The van der Waals surface area contributed by atoms with Gasteiger partial charge in [-0.05, 0) is 54.1 Å². The minimum Gasteiger partial charge on any atom is -0.370 e. The molecule has 0 radical (unpaired) electrons. The van der Waals surface area contributed by atoms with Crippen molar-refractivity contribution in [2.75, 3.05) is 19.6 Å². The van der Waals surface area contributed by atoms with E-state index in [1.165, 1.54) is 5.56 Å². The molecule has 2 aromatic rings. The van der Waals surface area contributed by atoms with E-state index in [9.17, 15) is 4.79 Å². The molecule has 140 valence electrons. The van der Waals surface area contributed by atoms with Crippen molar-refractivity contribution < 1.29 is 9.53 Å². The zero-order valence-electron chi connectivity index (χ0n) is 15.2. The average Bonchev–Trinajstić information content (AvgIpc) is 3.37. The first kappa shape index (κ1) is 17.7. The van der Waals surface area contributed by atoms with Gasteiger partial charge in [-0.15, -0.1) is 0 Å². The van der Waals surface area contributed by atoms with Crippen molar-refractivity contribution in [1.29, 1.82) is 0 Å². The van der Waals surface area contributed by atoms with Gasteiger partial charge in [0.1, 0.15) is 5.69 Å². The lowest BCUT2D eigenvalue weighted by molar-refractivity contribution is -0.0764. The van der Waals surface area contributed by atoms with Crippen LogP contribution in [0.15, 0.2) is 29.1 Å². The summed E-state index contributed by atoms with van der Waals surface area (Å²) in [7, 11) is 1.78. The monoisotopic (exact) mass is 374 g/mol. The molecule has 2 aliphatic heterocycles. The molecular weight excluding hydrogens is 348 g/mol. The first-order valence-corrected chi connectivity index (χ1v) is 10.3. The molecule has 0 unspecified atom stereocenters. The first-order valence-electron chi connectivity index (χ1n) is 9.31. The summed E-state index contributed by atoms with van der Waals surface area (Å²) in [4.78, 5) is 14.7. The number of aromatic nitrogens is 2. The van der Waals surface area contributed by atoms with Gasteiger partial charge in [-0.2, -0.15) is 16.4 Å². The summed E-state index contributed by atoms with van der Waals surface area (Å²) in [6, 6.07) is 3.94. The van der Waals surface area contributed by atoms with E-state index in [0.29, 0.717) is 12.2 Å². The second-order valence-electron chi connectivity index (χ2n) is 7.42. The lowest BCUT2D eigenvalue weighted by Crippen LogP contribution is -2.44. The molecule has 26 heavy (non-hydrogen) atoms. The van der Waals surface area contributed by atoms with E-state index < -0.39 is 0 Å². The number of rotatable bonds is 5. The van der Waals surface area contributed by atoms with Crippen molar-refractivity contribution in [1.82, 2.24) is 20.0 Å². The third-order valence-electron chi connectivity index (χ3n) is 5.64. The Morgan fingerprint density at radius 3 is 2.92 bits per heavy atom. The molecule has 1 spiro atoms. The van der Waals surface area contributed by atoms with Crippen LogP contribution in [0.3, 0.4) is 0 Å². The zero-order valence-corrected chi connectivity index (χ0v) is 16.0. The molecule has 1 atom stereocenters. The van der Waals surface area contributed by atoms with Gasteiger partial charge in [-0.25, -0.2) is 0 Å². The maximum absolute atomic E-state index is 12.2. The standard InChI is InChI=1S/C19H26N4O2S/c1-22-17(3-8-21-22)18(24)20-12-16-2-5-19(25-16)6-9-23(10-7-19)13-15-4-11-26-14-15/h3-4,8,11,14,16H,2,5-7,9-10,12-13H2,1H3,(H,20,24)/t16-/m1/s1. The highest BCUT2D eigenvalue weighted by molar-refractivity contribution is 7.07. The number of carbonyl (C=O) groups excluding carboxylic acids is 1. The highest BCUT2D eigenvalue weighted by Gasteiger charge is 2.42. The minimum absolute atomic E-state index is 0.0209. The minimum atomic E-state index is -0.0832. The topological polar surface area (TPSA) is 59.4 Å². The summed E-state index contributed by atoms with van der Waals surface area (Å²) in [6.45, 7) is 3.79. The smallest absolute Gasteiger partial charge is 0.269 e. The number of nitrogens with zero attached hydrogens (tertiary/aromatic N) is 3. The Morgan fingerprint density at radius 1 is 1.38 bits per heavy atom. The average molecular weight is 375 g/mol. The van der Waals surface area contributed by atoms with Crippen molar-refractivity contribution in [2.45, 2.75) is 43.9 Å². The quantitative estimate of drug-likeness (QED) is 0.873. The van der Waals surface area contributed by atoms with E-state index in [-0.39, 0.29) is 17.6 Å². The second kappa shape index (κ2) is 7.50. The van der Waals surface area contributed by atoms with Gasteiger partial charge in [-0.3, -0.25) is 14.4 Å². The largest absolute Gasteiger partial charge is 0.370 e. The number of carbonyl (C=O) groups is 1. The molecule has 2 saturated heterocycles. The van der Waals surface area contributed by atoms with E-state index in [1.807, 2.05) is 0 Å². The van der Waals surface area contributed by atoms with Gasteiger partial charge >= 0.3 is 0 Å². The highest BCUT2D eigenvalue weighted by Crippen LogP contribution is 2.39. The fourth-order valence-electron chi connectivity index (χ4n) is 4.06. The number of aryl methyl sites for hydroxylation is 1. The van der Waals surface area contributed by atoms with E-state index in [1.54, 1.807) is 35.3 Å². The van der Waals surface area contributed by atoms with Crippen molar-refractivity contribution >= 4 is 17.2 Å². The van der Waals surface area contributed by atoms with E-state index in [4.69, 9.17) is 4.74 Å². The molecular formula is C19H26N4O2S. The Hall–Kier alpha value is -1.70. The van der Waals surface area contributed by atoms with Crippen molar-refractivity contribution in [3.05, 3.63) is 40.3 Å². The highest BCUT2D eigenvalue weighted by atomic mass is 32.1. The van der Waals surface area contributed by atoms with Crippen LogP contribution in [0.1, 0.15) is 41.7 Å². The van der Waals surface area contributed by atoms with E-state index in [2.05, 4.69) is 32.1 Å². The number of hydrogen-bond acceptors (Lipinski definition) is 5. The van der Waals surface area contributed by atoms with Crippen molar-refractivity contribution in [3.63, 3.8) is 0 Å². The normalized spacial score (nSPS) is 22.7. The lowest BCUT2D eigenvalue weighted by Gasteiger charge is -2.39. The van der Waals surface area contributed by atoms with E-state index in [0.717, 1.165) is 45.3 Å². The summed E-state index contributed by atoms with van der Waals surface area (Å²) < 4.78 is 8.00. The zero-order chi connectivity index (χ0) is 18.0. The van der Waals surface area contributed by atoms with Crippen LogP contribution in [0.25, 0.3) is 0 Å². The number of piperidine rings is 1. The fourth-order valence-corrected chi connectivity index (χ4v) is 4.72. The van der Waals surface area contributed by atoms with Crippen LogP contribution >= 0.6 is 11.3 Å². The number of amides is 1. The molecule has 4 heterocycles. The summed E-state index contributed by atoms with van der Waals surface area (Å²) in [6.07, 6.45) is 6.06. The third-order valence-corrected chi connectivity index (χ3v) is 6.37. The molecule has 0 aliphatic carbocycles. The Bertz CT molecular complexity index is 735. The molecule has 0 aromatic carbocycles. The molecule has 7 heteroatoms. The van der Waals surface area contributed by atoms with E-state index >= 15 is 0 Å². The van der Waals surface area contributed by atoms with Gasteiger partial charge in [0.25, 0.3) is 5.91 Å². The van der Waals surface area contributed by atoms with Crippen LogP contribution in [-0.4, -0.2) is 51.9 Å². The number of likely N-dealkylation sites (tertiary alicyclic amines) is 1. The maximum Gasteiger partial charge on any atom is 0.269 e. The number of hydrogen-bond donors (Lipinski definition) is 1. The van der Waals surface area contributed by atoms with Crippen LogP contribution in [0.4, 0.5) is 0 Å². The van der Waals surface area contributed by atoms with Gasteiger partial charge in [0.2, 0.25) is 0 Å². The Morgan fingerprint density at radius 2 is 2.23 bits per heavy atom. The van der Waals surface area contributed by atoms with Crippen LogP contribution in [0, 0.1) is 0 Å². The Labute approximate surface area is 158 Å². The SMILES string of the molecule is Cn1nccc1C(=O)NC[C@H]1CCC2(CCN(Cc3ccsc3)CC2)O1. The second-order valence-corrected chi connectivity index (χ2v) is 8.20. The molecule has 2 fully saturated rings. The Kier molecular flexibility index (Phi) is 5.11. The summed E-state index contributed by atoms with van der Waals surface area (Å²) in [5, 5.41) is 11.4. The van der Waals surface area contributed by atoms with Gasteiger partial charge in [-0.1, -0.05) is 0 Å². The van der Waals surface area contributed by atoms with Gasteiger partial charge in [0, 0.05) is 39.4 Å². The summed E-state index contributed by atoms with van der Waals surface area (Å²) >= 11 is 1.76. The third kappa shape index (κ3) is 3.84. The molecule has 1 amide bonds. The van der Waals surface area contributed by atoms with Crippen LogP contribution in [0.5, 0.6) is 0 Å². The number of nitrogens with one attached hydrogen (secondary N) is 1. The van der Waals surface area contributed by atoms with Gasteiger partial charge in [0.15, 0.2) is 0 Å².